The van der Waals surface area contributed by atoms with Crippen molar-refractivity contribution < 1.29 is 13.2 Å². The number of terminal acetylenes is 1. The smallest absolute Gasteiger partial charge is 0.268 e. The van der Waals surface area contributed by atoms with Crippen molar-refractivity contribution in [3.63, 3.8) is 0 Å². The molecule has 3 aromatic rings. The molecule has 0 spiro atoms. The number of hydrogen-bond acceptors (Lipinski definition) is 4. The molecule has 26 heavy (non-hydrogen) atoms. The summed E-state index contributed by atoms with van der Waals surface area (Å²) in [6.45, 7) is 0.107. The van der Waals surface area contributed by atoms with Crippen LogP contribution in [0.1, 0.15) is 10.4 Å². The van der Waals surface area contributed by atoms with E-state index in [2.05, 4.69) is 16.2 Å². The predicted octanol–water partition coefficient (Wildman–Crippen LogP) is 2.15. The van der Waals surface area contributed by atoms with E-state index in [9.17, 15) is 13.2 Å². The van der Waals surface area contributed by atoms with Crippen molar-refractivity contribution in [2.75, 3.05) is 6.54 Å². The minimum atomic E-state index is -3.80. The lowest BCUT2D eigenvalue weighted by atomic mass is 10.2. The second-order valence-corrected chi connectivity index (χ2v) is 7.21. The molecule has 0 atom stereocenters. The lowest BCUT2D eigenvalue weighted by molar-refractivity contribution is 0.0958. The summed E-state index contributed by atoms with van der Waals surface area (Å²) in [7, 11) is -3.80. The Morgan fingerprint density at radius 3 is 2.46 bits per heavy atom. The van der Waals surface area contributed by atoms with E-state index in [1.807, 2.05) is 30.3 Å². The van der Waals surface area contributed by atoms with Crippen LogP contribution in [0.25, 0.3) is 11.3 Å². The number of benzene rings is 2. The Labute approximate surface area is 151 Å². The van der Waals surface area contributed by atoms with Gasteiger partial charge < -0.3 is 5.32 Å². The first kappa shape index (κ1) is 17.5. The quantitative estimate of drug-likeness (QED) is 0.703. The molecule has 0 unspecified atom stereocenters. The van der Waals surface area contributed by atoms with E-state index >= 15 is 0 Å². The molecule has 0 aliphatic rings. The molecule has 1 amide bonds. The van der Waals surface area contributed by atoms with Crippen LogP contribution >= 0.6 is 0 Å². The van der Waals surface area contributed by atoms with E-state index in [0.717, 1.165) is 9.54 Å². The number of nitrogens with one attached hydrogen (secondary N) is 1. The molecule has 0 aliphatic carbocycles. The third-order valence-corrected chi connectivity index (χ3v) is 5.30. The Kier molecular flexibility index (Phi) is 4.87. The highest BCUT2D eigenvalue weighted by molar-refractivity contribution is 7.90. The second kappa shape index (κ2) is 7.25. The average Bonchev–Trinajstić information content (AvgIpc) is 3.18. The minimum Gasteiger partial charge on any atom is -0.341 e. The molecule has 1 aromatic heterocycles. The van der Waals surface area contributed by atoms with Crippen molar-refractivity contribution in [3.8, 4) is 23.6 Å². The maximum absolute atomic E-state index is 12.7. The van der Waals surface area contributed by atoms with Gasteiger partial charge in [-0.1, -0.05) is 36.3 Å². The molecular weight excluding hydrogens is 350 g/mol. The van der Waals surface area contributed by atoms with Gasteiger partial charge >= 0.3 is 0 Å². The molecule has 0 radical (unpaired) electrons. The minimum absolute atomic E-state index is 0.0583. The van der Waals surface area contributed by atoms with Gasteiger partial charge in [-0.3, -0.25) is 4.79 Å². The summed E-state index contributed by atoms with van der Waals surface area (Å²) in [5.41, 5.74) is 1.70. The topological polar surface area (TPSA) is 81.1 Å². The Morgan fingerprint density at radius 1 is 1.12 bits per heavy atom. The first-order valence-corrected chi connectivity index (χ1v) is 9.13. The van der Waals surface area contributed by atoms with Crippen LogP contribution in [0.3, 0.4) is 0 Å². The first-order valence-electron chi connectivity index (χ1n) is 7.69. The fourth-order valence-corrected chi connectivity index (χ4v) is 3.46. The highest BCUT2D eigenvalue weighted by Gasteiger charge is 2.18. The van der Waals surface area contributed by atoms with Gasteiger partial charge in [-0.25, -0.2) is 17.4 Å². The van der Waals surface area contributed by atoms with Crippen molar-refractivity contribution in [1.82, 2.24) is 14.3 Å². The van der Waals surface area contributed by atoms with Crippen molar-refractivity contribution in [3.05, 3.63) is 72.7 Å². The van der Waals surface area contributed by atoms with Crippen molar-refractivity contribution in [1.29, 1.82) is 0 Å². The molecule has 0 bridgehead atoms. The standard InChI is InChI=1S/C19H15N3O3S/c1-2-12-20-19(23)16-8-10-17(11-9-16)26(24,25)22-13-18(21-14-22)15-6-4-3-5-7-15/h1,3-11,13-14H,12H2,(H,20,23). The van der Waals surface area contributed by atoms with Crippen LogP contribution in [0, 0.1) is 12.3 Å². The number of carbonyl (C=O) groups excluding carboxylic acids is 1. The molecule has 2 aromatic carbocycles. The largest absolute Gasteiger partial charge is 0.341 e. The molecule has 130 valence electrons. The summed E-state index contributed by atoms with van der Waals surface area (Å²) in [5.74, 6) is 1.94. The van der Waals surface area contributed by atoms with Gasteiger partial charge in [-0.05, 0) is 24.3 Å². The number of rotatable bonds is 5. The summed E-state index contributed by atoms with van der Waals surface area (Å²) >= 11 is 0. The highest BCUT2D eigenvalue weighted by Crippen LogP contribution is 2.20. The van der Waals surface area contributed by atoms with Crippen LogP contribution in [-0.4, -0.2) is 29.8 Å². The number of carbonyl (C=O) groups is 1. The zero-order chi connectivity index (χ0) is 18.6. The van der Waals surface area contributed by atoms with Gasteiger partial charge in [0.05, 0.1) is 17.1 Å². The Bertz CT molecular complexity index is 1060. The van der Waals surface area contributed by atoms with Crippen LogP contribution < -0.4 is 5.32 Å². The van der Waals surface area contributed by atoms with E-state index in [0.29, 0.717) is 11.3 Å². The van der Waals surface area contributed by atoms with Gasteiger partial charge in [0.2, 0.25) is 0 Å². The van der Waals surface area contributed by atoms with E-state index in [1.165, 1.54) is 36.8 Å². The zero-order valence-corrected chi connectivity index (χ0v) is 14.5. The molecular formula is C19H15N3O3S. The summed E-state index contributed by atoms with van der Waals surface area (Å²) in [4.78, 5) is 16.0. The van der Waals surface area contributed by atoms with Gasteiger partial charge in [0, 0.05) is 17.3 Å². The Hall–Kier alpha value is -3.37. The van der Waals surface area contributed by atoms with Gasteiger partial charge in [0.25, 0.3) is 15.9 Å². The lowest BCUT2D eigenvalue weighted by Crippen LogP contribution is -2.23. The van der Waals surface area contributed by atoms with Crippen molar-refractivity contribution in [2.24, 2.45) is 0 Å². The number of amides is 1. The fraction of sp³-hybridized carbons (Fsp3) is 0.0526. The van der Waals surface area contributed by atoms with Gasteiger partial charge in [0.15, 0.2) is 0 Å². The van der Waals surface area contributed by atoms with E-state index in [1.54, 1.807) is 0 Å². The molecule has 0 saturated carbocycles. The summed E-state index contributed by atoms with van der Waals surface area (Å²) in [5, 5.41) is 2.52. The Balaban J connectivity index is 1.86. The first-order chi connectivity index (χ1) is 12.5. The van der Waals surface area contributed by atoms with Crippen LogP contribution in [0.4, 0.5) is 0 Å². The molecule has 6 nitrogen and oxygen atoms in total. The third kappa shape index (κ3) is 3.50. The number of nitrogens with zero attached hydrogens (tertiary/aromatic N) is 2. The van der Waals surface area contributed by atoms with E-state index < -0.39 is 10.0 Å². The van der Waals surface area contributed by atoms with Gasteiger partial charge in [-0.2, -0.15) is 0 Å². The lowest BCUT2D eigenvalue weighted by Gasteiger charge is -2.06. The molecule has 1 N–H and O–H groups in total. The molecule has 7 heteroatoms. The van der Waals surface area contributed by atoms with E-state index in [-0.39, 0.29) is 17.3 Å². The van der Waals surface area contributed by atoms with E-state index in [4.69, 9.17) is 6.42 Å². The monoisotopic (exact) mass is 365 g/mol. The normalized spacial score (nSPS) is 10.9. The number of imidazole rings is 1. The SMILES string of the molecule is C#CCNC(=O)c1ccc(S(=O)(=O)n2cnc(-c3ccccc3)c2)cc1. The maximum atomic E-state index is 12.7. The van der Waals surface area contributed by atoms with Crippen LogP contribution in [-0.2, 0) is 10.0 Å². The molecule has 0 aliphatic heterocycles. The van der Waals surface area contributed by atoms with Gasteiger partial charge in [-0.15, -0.1) is 6.42 Å². The average molecular weight is 365 g/mol. The molecule has 0 fully saturated rings. The molecule has 1 heterocycles. The maximum Gasteiger partial charge on any atom is 0.268 e. The zero-order valence-electron chi connectivity index (χ0n) is 13.7. The molecule has 3 rings (SSSR count). The van der Waals surface area contributed by atoms with Crippen LogP contribution in [0.15, 0.2) is 72.0 Å². The Morgan fingerprint density at radius 2 is 1.81 bits per heavy atom. The molecule has 0 saturated heterocycles. The summed E-state index contributed by atoms with van der Waals surface area (Å²) < 4.78 is 26.5. The predicted molar refractivity (Wildman–Crippen MR) is 97.9 cm³/mol. The van der Waals surface area contributed by atoms with Crippen LogP contribution in [0.5, 0.6) is 0 Å². The van der Waals surface area contributed by atoms with Crippen molar-refractivity contribution >= 4 is 15.9 Å². The van der Waals surface area contributed by atoms with Crippen LogP contribution in [0.2, 0.25) is 0 Å². The number of aromatic nitrogens is 2. The summed E-state index contributed by atoms with van der Waals surface area (Å²) in [6, 6.07) is 14.9. The number of hydrogen-bond donors (Lipinski definition) is 1. The second-order valence-electron chi connectivity index (χ2n) is 5.37. The van der Waals surface area contributed by atoms with Gasteiger partial charge in [0.1, 0.15) is 6.33 Å². The highest BCUT2D eigenvalue weighted by atomic mass is 32.2. The van der Waals surface area contributed by atoms with Crippen molar-refractivity contribution in [2.45, 2.75) is 4.90 Å². The fourth-order valence-electron chi connectivity index (χ4n) is 2.33. The third-order valence-electron chi connectivity index (χ3n) is 3.67. The summed E-state index contributed by atoms with van der Waals surface area (Å²) in [6.07, 6.45) is 7.80.